The Bertz CT molecular complexity index is 425. The summed E-state index contributed by atoms with van der Waals surface area (Å²) in [6.07, 6.45) is 0.790. The van der Waals surface area contributed by atoms with Crippen molar-refractivity contribution in [2.24, 2.45) is 0 Å². The van der Waals surface area contributed by atoms with Crippen LogP contribution in [0.25, 0.3) is 0 Å². The zero-order chi connectivity index (χ0) is 13.7. The lowest BCUT2D eigenvalue weighted by Crippen LogP contribution is -2.43. The van der Waals surface area contributed by atoms with Crippen molar-refractivity contribution in [3.63, 3.8) is 0 Å². The zero-order valence-electron chi connectivity index (χ0n) is 10.2. The van der Waals surface area contributed by atoms with Crippen LogP contribution in [0.5, 0.6) is 0 Å². The molecule has 1 heterocycles. The van der Waals surface area contributed by atoms with E-state index in [0.717, 1.165) is 0 Å². The van der Waals surface area contributed by atoms with Gasteiger partial charge in [0.05, 0.1) is 16.6 Å². The molecule has 1 unspecified atom stereocenters. The maximum Gasteiger partial charge on any atom is 0.253 e. The van der Waals surface area contributed by atoms with E-state index in [1.165, 1.54) is 26.5 Å². The second kappa shape index (κ2) is 6.89. The highest BCUT2D eigenvalue weighted by atomic mass is 35.5. The number of ether oxygens (including phenoxy) is 2. The topological polar surface area (TPSA) is 60.5 Å². The summed E-state index contributed by atoms with van der Waals surface area (Å²) in [5.74, 6) is -0.365. The third-order valence-corrected chi connectivity index (χ3v) is 2.81. The normalized spacial score (nSPS) is 12.6. The first kappa shape index (κ1) is 15.2. The first-order valence-electron chi connectivity index (χ1n) is 5.17. The van der Waals surface area contributed by atoms with Crippen LogP contribution in [0.1, 0.15) is 17.3 Å². The number of aromatic nitrogens is 1. The van der Waals surface area contributed by atoms with Crippen LogP contribution >= 0.6 is 23.2 Å². The summed E-state index contributed by atoms with van der Waals surface area (Å²) < 4.78 is 10.1. The predicted octanol–water partition coefficient (Wildman–Crippen LogP) is 2.13. The number of pyridine rings is 1. The highest BCUT2D eigenvalue weighted by molar-refractivity contribution is 6.35. The third-order valence-electron chi connectivity index (χ3n) is 2.30. The van der Waals surface area contributed by atoms with Gasteiger partial charge in [0, 0.05) is 20.4 Å². The molecule has 1 N–H and O–H groups in total. The lowest BCUT2D eigenvalue weighted by atomic mass is 10.2. The predicted molar refractivity (Wildman–Crippen MR) is 69.0 cm³/mol. The van der Waals surface area contributed by atoms with E-state index in [4.69, 9.17) is 32.7 Å². The van der Waals surface area contributed by atoms with Crippen molar-refractivity contribution < 1.29 is 14.3 Å². The number of methoxy groups -OCH3 is 2. The Morgan fingerprint density at radius 2 is 2.00 bits per heavy atom. The molecule has 1 atom stereocenters. The molecule has 7 heteroatoms. The minimum absolute atomic E-state index is 0.201. The van der Waals surface area contributed by atoms with Gasteiger partial charge in [0.25, 0.3) is 5.91 Å². The molecule has 5 nitrogen and oxygen atoms in total. The Kier molecular flexibility index (Phi) is 5.81. The van der Waals surface area contributed by atoms with Crippen LogP contribution in [0.3, 0.4) is 0 Å². The van der Waals surface area contributed by atoms with E-state index < -0.39 is 6.29 Å². The number of halogens is 2. The number of hydrogen-bond acceptors (Lipinski definition) is 4. The van der Waals surface area contributed by atoms with E-state index in [9.17, 15) is 4.79 Å². The Labute approximate surface area is 115 Å². The van der Waals surface area contributed by atoms with Crippen LogP contribution in [0, 0.1) is 0 Å². The summed E-state index contributed by atoms with van der Waals surface area (Å²) in [4.78, 5) is 15.7. The molecule has 1 aromatic rings. The van der Waals surface area contributed by atoms with Gasteiger partial charge in [0.2, 0.25) is 0 Å². The molecule has 1 aromatic heterocycles. The van der Waals surface area contributed by atoms with Gasteiger partial charge in [-0.15, -0.1) is 0 Å². The van der Waals surface area contributed by atoms with Crippen molar-refractivity contribution in [3.8, 4) is 0 Å². The van der Waals surface area contributed by atoms with E-state index in [-0.39, 0.29) is 27.7 Å². The number of hydrogen-bond donors (Lipinski definition) is 1. The van der Waals surface area contributed by atoms with Gasteiger partial charge >= 0.3 is 0 Å². The summed E-state index contributed by atoms with van der Waals surface area (Å²) in [5.41, 5.74) is 0.259. The first-order valence-corrected chi connectivity index (χ1v) is 5.92. The van der Waals surface area contributed by atoms with Gasteiger partial charge < -0.3 is 14.8 Å². The third kappa shape index (κ3) is 3.81. The Balaban J connectivity index is 2.79. The van der Waals surface area contributed by atoms with E-state index >= 15 is 0 Å². The second-order valence-electron chi connectivity index (χ2n) is 3.59. The van der Waals surface area contributed by atoms with Crippen LogP contribution in [-0.4, -0.2) is 37.4 Å². The van der Waals surface area contributed by atoms with Gasteiger partial charge in [-0.3, -0.25) is 4.79 Å². The average molecular weight is 293 g/mol. The molecule has 0 radical (unpaired) electrons. The lowest BCUT2D eigenvalue weighted by molar-refractivity contribution is -0.117. The summed E-state index contributed by atoms with van der Waals surface area (Å²) in [6.45, 7) is 1.76. The molecule has 0 fully saturated rings. The molecule has 100 valence electrons. The van der Waals surface area contributed by atoms with Crippen molar-refractivity contribution in [2.75, 3.05) is 14.2 Å². The Morgan fingerprint density at radius 3 is 2.56 bits per heavy atom. The second-order valence-corrected chi connectivity index (χ2v) is 4.38. The van der Waals surface area contributed by atoms with Crippen LogP contribution in [-0.2, 0) is 9.47 Å². The maximum absolute atomic E-state index is 12.0. The molecule has 0 aliphatic carbocycles. The van der Waals surface area contributed by atoms with Crippen molar-refractivity contribution in [2.45, 2.75) is 19.3 Å². The van der Waals surface area contributed by atoms with Crippen LogP contribution in [0.4, 0.5) is 0 Å². The molecule has 0 saturated heterocycles. The maximum atomic E-state index is 12.0. The molecule has 0 bridgehead atoms. The average Bonchev–Trinajstić information content (AvgIpc) is 2.33. The molecule has 1 amide bonds. The summed E-state index contributed by atoms with van der Waals surface area (Å²) in [7, 11) is 2.99. The van der Waals surface area contributed by atoms with Gasteiger partial charge in [0.1, 0.15) is 5.15 Å². The van der Waals surface area contributed by atoms with E-state index in [0.29, 0.717) is 0 Å². The Morgan fingerprint density at radius 1 is 1.39 bits per heavy atom. The highest BCUT2D eigenvalue weighted by Crippen LogP contribution is 2.18. The minimum atomic E-state index is -0.537. The first-order chi connectivity index (χ1) is 8.49. The smallest absolute Gasteiger partial charge is 0.253 e. The molecule has 0 spiro atoms. The molecule has 18 heavy (non-hydrogen) atoms. The molecular weight excluding hydrogens is 279 g/mol. The van der Waals surface area contributed by atoms with Crippen molar-refractivity contribution >= 4 is 29.1 Å². The van der Waals surface area contributed by atoms with Crippen molar-refractivity contribution in [3.05, 3.63) is 28.0 Å². The summed E-state index contributed by atoms with van der Waals surface area (Å²) >= 11 is 11.6. The number of carbonyl (C=O) groups is 1. The van der Waals surface area contributed by atoms with Gasteiger partial charge in [-0.1, -0.05) is 23.2 Å². The fourth-order valence-electron chi connectivity index (χ4n) is 1.44. The molecule has 0 aliphatic heterocycles. The van der Waals surface area contributed by atoms with E-state index in [2.05, 4.69) is 10.3 Å². The van der Waals surface area contributed by atoms with E-state index in [1.807, 2.05) is 0 Å². The number of amides is 1. The van der Waals surface area contributed by atoms with Gasteiger partial charge in [-0.25, -0.2) is 4.98 Å². The number of nitrogens with one attached hydrogen (secondary N) is 1. The molecular formula is C11H14Cl2N2O3. The van der Waals surface area contributed by atoms with Crippen molar-refractivity contribution in [1.29, 1.82) is 0 Å². The zero-order valence-corrected chi connectivity index (χ0v) is 11.7. The minimum Gasteiger partial charge on any atom is -0.354 e. The highest BCUT2D eigenvalue weighted by Gasteiger charge is 2.20. The fourth-order valence-corrected chi connectivity index (χ4v) is 1.79. The van der Waals surface area contributed by atoms with Crippen molar-refractivity contribution in [1.82, 2.24) is 10.3 Å². The van der Waals surface area contributed by atoms with Gasteiger partial charge in [-0.2, -0.15) is 0 Å². The molecule has 1 rings (SSSR count). The van der Waals surface area contributed by atoms with Crippen LogP contribution in [0.15, 0.2) is 12.3 Å². The molecule has 0 aromatic carbocycles. The lowest BCUT2D eigenvalue weighted by Gasteiger charge is -2.22. The quantitative estimate of drug-likeness (QED) is 0.667. The number of rotatable bonds is 5. The SMILES string of the molecule is COC(OC)C(C)NC(=O)c1cc(Cl)ncc1Cl. The van der Waals surface area contributed by atoms with E-state index in [1.54, 1.807) is 6.92 Å². The fraction of sp³-hybridized carbons (Fsp3) is 0.455. The van der Waals surface area contributed by atoms with Crippen LogP contribution in [0.2, 0.25) is 10.2 Å². The van der Waals surface area contributed by atoms with Gasteiger partial charge in [0.15, 0.2) is 6.29 Å². The number of nitrogens with zero attached hydrogens (tertiary/aromatic N) is 1. The van der Waals surface area contributed by atoms with Gasteiger partial charge in [-0.05, 0) is 13.0 Å². The monoisotopic (exact) mass is 292 g/mol. The summed E-state index contributed by atoms with van der Waals surface area (Å²) in [6, 6.07) is 1.07. The largest absolute Gasteiger partial charge is 0.354 e. The Hall–Kier alpha value is -0.880. The summed E-state index contributed by atoms with van der Waals surface area (Å²) in [5, 5.41) is 3.14. The number of carbonyl (C=O) groups excluding carboxylic acids is 1. The van der Waals surface area contributed by atoms with Crippen LogP contribution < -0.4 is 5.32 Å². The molecule has 0 saturated carbocycles. The molecule has 0 aliphatic rings. The standard InChI is InChI=1S/C11H14Cl2N2O3/c1-6(11(17-2)18-3)15-10(16)7-4-9(13)14-5-8(7)12/h4-6,11H,1-3H3,(H,15,16).